The van der Waals surface area contributed by atoms with E-state index in [1.807, 2.05) is 0 Å². The van der Waals surface area contributed by atoms with Crippen molar-refractivity contribution >= 4 is 34.1 Å². The summed E-state index contributed by atoms with van der Waals surface area (Å²) in [7, 11) is 0. The van der Waals surface area contributed by atoms with E-state index in [1.54, 1.807) is 13.0 Å². The maximum Gasteiger partial charge on any atom is 0.511 e. The molecule has 0 N–H and O–H groups in total. The van der Waals surface area contributed by atoms with Gasteiger partial charge in [-0.3, -0.25) is 0 Å². The highest BCUT2D eigenvalue weighted by molar-refractivity contribution is 9.10. The third-order valence-electron chi connectivity index (χ3n) is 4.18. The Balaban J connectivity index is 2.06. The lowest BCUT2D eigenvalue weighted by Crippen LogP contribution is -2.41. The van der Waals surface area contributed by atoms with Crippen LogP contribution in [0, 0.1) is 17.0 Å². The molecule has 1 aromatic rings. The van der Waals surface area contributed by atoms with E-state index in [4.69, 9.17) is 18.9 Å². The quantitative estimate of drug-likeness (QED) is 0.202. The Bertz CT molecular complexity index is 951. The van der Waals surface area contributed by atoms with E-state index >= 15 is 0 Å². The Morgan fingerprint density at radius 1 is 1.24 bits per heavy atom. The van der Waals surface area contributed by atoms with Crippen molar-refractivity contribution in [2.24, 2.45) is 0 Å². The smallest absolute Gasteiger partial charge is 0.475 e. The second-order valence-corrected chi connectivity index (χ2v) is 7.81. The van der Waals surface area contributed by atoms with Gasteiger partial charge in [0, 0.05) is 23.4 Å². The Labute approximate surface area is 193 Å². The second-order valence-electron chi connectivity index (χ2n) is 6.89. The first-order valence-corrected chi connectivity index (χ1v) is 10.2. The van der Waals surface area contributed by atoms with Gasteiger partial charge in [-0.15, -0.1) is 10.1 Å². The van der Waals surface area contributed by atoms with Crippen LogP contribution in [0.3, 0.4) is 0 Å². The molecule has 2 unspecified atom stereocenters. The molecule has 2 rings (SSSR count). The molecule has 3 atom stereocenters. The minimum atomic E-state index is -4.92. The molecule has 10 nitrogen and oxygen atoms in total. The second kappa shape index (κ2) is 10.7. The number of ether oxygens (including phenoxy) is 4. The van der Waals surface area contributed by atoms with Crippen LogP contribution in [-0.4, -0.2) is 48.5 Å². The van der Waals surface area contributed by atoms with Crippen LogP contribution in [0.5, 0.6) is 5.75 Å². The molecule has 1 aliphatic rings. The lowest BCUT2D eigenvalue weighted by molar-refractivity contribution is -0.758. The summed E-state index contributed by atoms with van der Waals surface area (Å²) in [6.45, 7) is 3.72. The summed E-state index contributed by atoms with van der Waals surface area (Å²) in [6, 6.07) is 3.04. The van der Waals surface area contributed by atoms with Gasteiger partial charge >= 0.3 is 18.3 Å². The van der Waals surface area contributed by atoms with Crippen molar-refractivity contribution in [3.63, 3.8) is 0 Å². The van der Waals surface area contributed by atoms with Crippen LogP contribution >= 0.6 is 15.9 Å². The molecule has 0 saturated heterocycles. The fourth-order valence-corrected chi connectivity index (χ4v) is 3.37. The summed E-state index contributed by atoms with van der Waals surface area (Å²) in [5.41, 5.74) is -0.177. The maximum absolute atomic E-state index is 13.6. The van der Waals surface area contributed by atoms with Gasteiger partial charge in [-0.25, -0.2) is 9.59 Å². The fraction of sp³-hybridized carbons (Fsp3) is 0.474. The molecule has 0 bridgehead atoms. The van der Waals surface area contributed by atoms with Gasteiger partial charge in [0.1, 0.15) is 11.9 Å². The standard InChI is InChI=1S/C19H19BrF3NO9/c1-9-6-13(20)7-12-8-14(16(19(21,22)23)33-15(9)12)17(25)31-11(3)32-18(26)30-10(2)4-5-29-24(27)28/h6-8,10-11,16H,4-5H2,1-3H3/t10-,11?,16?/m0/s1. The molecule has 0 saturated carbocycles. The number of halogens is 4. The Kier molecular flexibility index (Phi) is 8.52. The number of fused-ring (bicyclic) bond motifs is 1. The summed E-state index contributed by atoms with van der Waals surface area (Å²) in [6.07, 6.45) is -10.3. The number of aryl methyl sites for hydroxylation is 1. The number of hydrogen-bond acceptors (Lipinski definition) is 9. The molecule has 0 spiro atoms. The van der Waals surface area contributed by atoms with Gasteiger partial charge in [-0.2, -0.15) is 13.2 Å². The van der Waals surface area contributed by atoms with Gasteiger partial charge in [-0.05, 0) is 37.6 Å². The van der Waals surface area contributed by atoms with Crippen LogP contribution < -0.4 is 4.74 Å². The van der Waals surface area contributed by atoms with Crippen molar-refractivity contribution in [3.05, 3.63) is 43.4 Å². The van der Waals surface area contributed by atoms with E-state index in [0.717, 1.165) is 13.0 Å². The highest BCUT2D eigenvalue weighted by atomic mass is 79.9. The third kappa shape index (κ3) is 7.51. The highest BCUT2D eigenvalue weighted by Crippen LogP contribution is 2.40. The summed E-state index contributed by atoms with van der Waals surface area (Å²) in [5.74, 6) is -1.44. The Morgan fingerprint density at radius 2 is 1.91 bits per heavy atom. The molecule has 0 amide bonds. The van der Waals surface area contributed by atoms with Crippen molar-refractivity contribution < 1.29 is 51.6 Å². The van der Waals surface area contributed by atoms with Crippen molar-refractivity contribution in [3.8, 4) is 5.75 Å². The molecule has 1 aliphatic heterocycles. The molecule has 0 radical (unpaired) electrons. The van der Waals surface area contributed by atoms with Gasteiger partial charge in [0.05, 0.1) is 12.2 Å². The highest BCUT2D eigenvalue weighted by Gasteiger charge is 2.49. The lowest BCUT2D eigenvalue weighted by Gasteiger charge is -2.29. The van der Waals surface area contributed by atoms with E-state index in [0.29, 0.717) is 10.0 Å². The normalized spacial score (nSPS) is 16.9. The maximum atomic E-state index is 13.6. The number of hydrogen-bond donors (Lipinski definition) is 0. The topological polar surface area (TPSA) is 123 Å². The van der Waals surface area contributed by atoms with Crippen LogP contribution in [0.25, 0.3) is 6.08 Å². The zero-order valence-corrected chi connectivity index (χ0v) is 19.1. The van der Waals surface area contributed by atoms with E-state index in [-0.39, 0.29) is 24.3 Å². The summed E-state index contributed by atoms with van der Waals surface area (Å²) >= 11 is 3.23. The largest absolute Gasteiger partial charge is 0.511 e. The molecule has 182 valence electrons. The number of nitrogens with zero attached hydrogens (tertiary/aromatic N) is 1. The molecule has 0 aliphatic carbocycles. The van der Waals surface area contributed by atoms with Gasteiger partial charge in [0.15, 0.2) is 0 Å². The minimum Gasteiger partial charge on any atom is -0.475 e. The number of esters is 1. The molecule has 0 fully saturated rings. The van der Waals surface area contributed by atoms with E-state index in [2.05, 4.69) is 20.8 Å². The van der Waals surface area contributed by atoms with Gasteiger partial charge in [0.2, 0.25) is 12.4 Å². The number of carbonyl (C=O) groups excluding carboxylic acids is 2. The van der Waals surface area contributed by atoms with Crippen LogP contribution in [0.15, 0.2) is 22.2 Å². The van der Waals surface area contributed by atoms with Gasteiger partial charge in [-0.1, -0.05) is 15.9 Å². The predicted octanol–water partition coefficient (Wildman–Crippen LogP) is 4.49. The molecule has 1 aromatic carbocycles. The third-order valence-corrected chi connectivity index (χ3v) is 4.64. The number of alkyl halides is 3. The van der Waals surface area contributed by atoms with Gasteiger partial charge in [0.25, 0.3) is 5.09 Å². The minimum absolute atomic E-state index is 0.0278. The van der Waals surface area contributed by atoms with E-state index in [1.165, 1.54) is 13.0 Å². The number of rotatable bonds is 8. The Hall–Kier alpha value is -3.03. The monoisotopic (exact) mass is 541 g/mol. The molecule has 33 heavy (non-hydrogen) atoms. The van der Waals surface area contributed by atoms with Crippen LogP contribution in [0.4, 0.5) is 18.0 Å². The lowest BCUT2D eigenvalue weighted by atomic mass is 9.99. The molecule has 0 aromatic heterocycles. The van der Waals surface area contributed by atoms with Crippen LogP contribution in [0.1, 0.15) is 31.4 Å². The van der Waals surface area contributed by atoms with E-state index in [9.17, 15) is 32.9 Å². The average molecular weight is 542 g/mol. The van der Waals surface area contributed by atoms with Crippen LogP contribution in [-0.2, 0) is 23.8 Å². The van der Waals surface area contributed by atoms with Crippen LogP contribution in [0.2, 0.25) is 0 Å². The zero-order chi connectivity index (χ0) is 24.9. The zero-order valence-electron chi connectivity index (χ0n) is 17.5. The molecular formula is C19H19BrF3NO9. The van der Waals surface area contributed by atoms with Gasteiger partial charge < -0.3 is 23.8 Å². The first-order chi connectivity index (χ1) is 15.3. The first kappa shape index (κ1) is 26.2. The van der Waals surface area contributed by atoms with Crippen molar-refractivity contribution in [2.45, 2.75) is 51.9 Å². The predicted molar refractivity (Wildman–Crippen MR) is 107 cm³/mol. The molecule has 1 heterocycles. The average Bonchev–Trinajstić information content (AvgIpc) is 2.65. The first-order valence-electron chi connectivity index (χ1n) is 9.38. The number of carbonyl (C=O) groups is 2. The van der Waals surface area contributed by atoms with Crippen molar-refractivity contribution in [1.29, 1.82) is 0 Å². The number of benzene rings is 1. The summed E-state index contributed by atoms with van der Waals surface area (Å²) < 4.78 is 60.6. The fourth-order valence-electron chi connectivity index (χ4n) is 2.78. The molecule has 14 heteroatoms. The molecular weight excluding hydrogens is 523 g/mol. The van der Waals surface area contributed by atoms with Crippen molar-refractivity contribution in [2.75, 3.05) is 6.61 Å². The van der Waals surface area contributed by atoms with E-state index < -0.39 is 47.5 Å². The summed E-state index contributed by atoms with van der Waals surface area (Å²) in [4.78, 5) is 38.4. The van der Waals surface area contributed by atoms with Crippen molar-refractivity contribution in [1.82, 2.24) is 0 Å². The summed E-state index contributed by atoms with van der Waals surface area (Å²) in [5, 5.41) is 9.07. The SMILES string of the molecule is Cc1cc(Br)cc2c1OC(C(F)(F)F)C(C(=O)OC(C)OC(=O)O[C@@H](C)CCO[N+](=O)[O-])=C2. The Morgan fingerprint density at radius 3 is 2.52 bits per heavy atom.